The van der Waals surface area contributed by atoms with E-state index >= 15 is 0 Å². The maximum Gasteiger partial charge on any atom is 0.494 e. The fourth-order valence-corrected chi connectivity index (χ4v) is 2.11. The van der Waals surface area contributed by atoms with E-state index in [0.717, 1.165) is 15.6 Å². The van der Waals surface area contributed by atoms with E-state index in [1.165, 1.54) is 0 Å². The molecule has 104 valence electrons. The van der Waals surface area contributed by atoms with Gasteiger partial charge in [0.1, 0.15) is 5.75 Å². The molecule has 0 aliphatic carbocycles. The Bertz CT molecular complexity index is 432. The minimum absolute atomic E-state index is 0.309. The standard InChI is InChI=1S/C14H20BIO3/c1-13(2)14(3,4)19-15(18-13)11-6-5-7-12(10-11)17-9-8-16/h5-7,10H,8-9H2,1-4H3. The van der Waals surface area contributed by atoms with E-state index in [4.69, 9.17) is 14.0 Å². The second-order valence-electron chi connectivity index (χ2n) is 5.70. The van der Waals surface area contributed by atoms with E-state index < -0.39 is 0 Å². The molecule has 0 bridgehead atoms. The average Bonchev–Trinajstić information content (AvgIpc) is 2.56. The van der Waals surface area contributed by atoms with Crippen LogP contribution in [0.25, 0.3) is 0 Å². The Morgan fingerprint density at radius 3 is 2.37 bits per heavy atom. The molecule has 3 nitrogen and oxygen atoms in total. The molecule has 2 rings (SSSR count). The van der Waals surface area contributed by atoms with Crippen molar-refractivity contribution in [3.63, 3.8) is 0 Å². The lowest BCUT2D eigenvalue weighted by atomic mass is 9.79. The maximum absolute atomic E-state index is 6.03. The van der Waals surface area contributed by atoms with Gasteiger partial charge in [0.25, 0.3) is 0 Å². The van der Waals surface area contributed by atoms with Crippen LogP contribution in [0.2, 0.25) is 0 Å². The molecule has 0 saturated carbocycles. The summed E-state index contributed by atoms with van der Waals surface area (Å²) in [6.45, 7) is 8.95. The highest BCUT2D eigenvalue weighted by molar-refractivity contribution is 14.1. The molecule has 0 amide bonds. The van der Waals surface area contributed by atoms with Crippen LogP contribution in [0, 0.1) is 0 Å². The van der Waals surface area contributed by atoms with Crippen LogP contribution >= 0.6 is 22.6 Å². The van der Waals surface area contributed by atoms with Crippen molar-refractivity contribution in [2.75, 3.05) is 11.0 Å². The van der Waals surface area contributed by atoms with Gasteiger partial charge in [-0.15, -0.1) is 0 Å². The van der Waals surface area contributed by atoms with Gasteiger partial charge >= 0.3 is 7.12 Å². The van der Waals surface area contributed by atoms with Crippen molar-refractivity contribution in [3.05, 3.63) is 24.3 Å². The molecule has 5 heteroatoms. The largest absolute Gasteiger partial charge is 0.494 e. The zero-order valence-corrected chi connectivity index (χ0v) is 14.1. The van der Waals surface area contributed by atoms with Gasteiger partial charge in [0.15, 0.2) is 0 Å². The number of ether oxygens (including phenoxy) is 1. The summed E-state index contributed by atoms with van der Waals surface area (Å²) in [4.78, 5) is 0. The predicted octanol–water partition coefficient (Wildman–Crippen LogP) is 2.80. The van der Waals surface area contributed by atoms with Crippen LogP contribution in [-0.2, 0) is 9.31 Å². The third-order valence-corrected chi connectivity index (χ3v) is 4.17. The average molecular weight is 374 g/mol. The molecular formula is C14H20BIO3. The lowest BCUT2D eigenvalue weighted by Gasteiger charge is -2.32. The van der Waals surface area contributed by atoms with Gasteiger partial charge in [0.05, 0.1) is 17.8 Å². The van der Waals surface area contributed by atoms with Crippen LogP contribution in [0.15, 0.2) is 24.3 Å². The number of rotatable bonds is 4. The lowest BCUT2D eigenvalue weighted by molar-refractivity contribution is 0.00578. The fourth-order valence-electron chi connectivity index (χ4n) is 1.89. The lowest BCUT2D eigenvalue weighted by Crippen LogP contribution is -2.41. The molecule has 19 heavy (non-hydrogen) atoms. The third-order valence-electron chi connectivity index (χ3n) is 3.73. The molecule has 0 spiro atoms. The Morgan fingerprint density at radius 1 is 1.16 bits per heavy atom. The smallest absolute Gasteiger partial charge is 0.493 e. The monoisotopic (exact) mass is 374 g/mol. The summed E-state index contributed by atoms with van der Waals surface area (Å²) in [5.74, 6) is 0.865. The maximum atomic E-state index is 6.03. The van der Waals surface area contributed by atoms with Crippen LogP contribution < -0.4 is 10.2 Å². The summed E-state index contributed by atoms with van der Waals surface area (Å²) >= 11 is 2.30. The Labute approximate surface area is 129 Å². The topological polar surface area (TPSA) is 27.7 Å². The molecule has 1 aliphatic heterocycles. The zero-order valence-electron chi connectivity index (χ0n) is 11.9. The quantitative estimate of drug-likeness (QED) is 0.461. The van der Waals surface area contributed by atoms with E-state index in [-0.39, 0.29) is 18.3 Å². The number of alkyl halides is 1. The molecule has 1 heterocycles. The Balaban J connectivity index is 2.15. The Hall–Kier alpha value is -0.265. The fraction of sp³-hybridized carbons (Fsp3) is 0.571. The van der Waals surface area contributed by atoms with Gasteiger partial charge in [-0.1, -0.05) is 34.7 Å². The molecule has 0 atom stereocenters. The van der Waals surface area contributed by atoms with Crippen molar-refractivity contribution in [2.24, 2.45) is 0 Å². The van der Waals surface area contributed by atoms with Crippen molar-refractivity contribution >= 4 is 35.2 Å². The van der Waals surface area contributed by atoms with Gasteiger partial charge in [-0.05, 0) is 45.3 Å². The van der Waals surface area contributed by atoms with Crippen molar-refractivity contribution in [3.8, 4) is 5.75 Å². The molecule has 1 saturated heterocycles. The van der Waals surface area contributed by atoms with E-state index in [1.54, 1.807) is 0 Å². The highest BCUT2D eigenvalue weighted by Crippen LogP contribution is 2.36. The third kappa shape index (κ3) is 3.25. The normalized spacial score (nSPS) is 20.6. The van der Waals surface area contributed by atoms with E-state index in [9.17, 15) is 0 Å². The van der Waals surface area contributed by atoms with Gasteiger partial charge in [-0.2, -0.15) is 0 Å². The summed E-state index contributed by atoms with van der Waals surface area (Å²) in [6.07, 6.45) is 0. The first-order valence-electron chi connectivity index (χ1n) is 6.50. The molecule has 1 aromatic carbocycles. The van der Waals surface area contributed by atoms with Crippen molar-refractivity contribution in [1.82, 2.24) is 0 Å². The highest BCUT2D eigenvalue weighted by atomic mass is 127. The Morgan fingerprint density at radius 2 is 1.79 bits per heavy atom. The van der Waals surface area contributed by atoms with E-state index in [0.29, 0.717) is 6.61 Å². The summed E-state index contributed by atoms with van der Waals surface area (Å²) in [6, 6.07) is 7.94. The van der Waals surface area contributed by atoms with Crippen LogP contribution in [0.4, 0.5) is 0 Å². The molecule has 0 aromatic heterocycles. The van der Waals surface area contributed by atoms with Crippen LogP contribution in [0.5, 0.6) is 5.75 Å². The molecular weight excluding hydrogens is 354 g/mol. The number of halogens is 1. The van der Waals surface area contributed by atoms with Gasteiger partial charge in [-0.25, -0.2) is 0 Å². The first-order valence-corrected chi connectivity index (χ1v) is 8.03. The van der Waals surface area contributed by atoms with Crippen LogP contribution in [0.3, 0.4) is 0 Å². The van der Waals surface area contributed by atoms with E-state index in [1.807, 2.05) is 24.3 Å². The second-order valence-corrected chi connectivity index (χ2v) is 6.78. The minimum atomic E-state index is -0.326. The van der Waals surface area contributed by atoms with Gasteiger partial charge < -0.3 is 14.0 Å². The summed E-state index contributed by atoms with van der Waals surface area (Å²) in [5, 5.41) is 0. The number of hydrogen-bond acceptors (Lipinski definition) is 3. The van der Waals surface area contributed by atoms with Crippen LogP contribution in [0.1, 0.15) is 27.7 Å². The van der Waals surface area contributed by atoms with Gasteiger partial charge in [0.2, 0.25) is 0 Å². The highest BCUT2D eigenvalue weighted by Gasteiger charge is 2.51. The zero-order chi connectivity index (χ0) is 14.1. The SMILES string of the molecule is CC1(C)OB(c2cccc(OCCI)c2)OC1(C)C. The van der Waals surface area contributed by atoms with Gasteiger partial charge in [-0.3, -0.25) is 0 Å². The first kappa shape index (κ1) is 15.1. The molecule has 0 N–H and O–H groups in total. The minimum Gasteiger partial charge on any atom is -0.493 e. The molecule has 1 fully saturated rings. The number of hydrogen-bond donors (Lipinski definition) is 0. The van der Waals surface area contributed by atoms with Crippen molar-refractivity contribution in [1.29, 1.82) is 0 Å². The van der Waals surface area contributed by atoms with Gasteiger partial charge in [0, 0.05) is 4.43 Å². The molecule has 1 aromatic rings. The summed E-state index contributed by atoms with van der Waals surface area (Å²) in [7, 11) is -0.326. The number of benzene rings is 1. The van der Waals surface area contributed by atoms with Crippen molar-refractivity contribution < 1.29 is 14.0 Å². The molecule has 0 radical (unpaired) electrons. The summed E-state index contributed by atoms with van der Waals surface area (Å²) in [5.41, 5.74) is 0.387. The second kappa shape index (κ2) is 5.62. The van der Waals surface area contributed by atoms with Crippen molar-refractivity contribution in [2.45, 2.75) is 38.9 Å². The van der Waals surface area contributed by atoms with Crippen LogP contribution in [-0.4, -0.2) is 29.4 Å². The van der Waals surface area contributed by atoms with E-state index in [2.05, 4.69) is 50.3 Å². The molecule has 1 aliphatic rings. The summed E-state index contributed by atoms with van der Waals surface area (Å²) < 4.78 is 18.7. The Kier molecular flexibility index (Phi) is 4.47. The molecule has 0 unspecified atom stereocenters. The first-order chi connectivity index (χ1) is 8.86. The predicted molar refractivity (Wildman–Crippen MR) is 86.5 cm³/mol.